The second kappa shape index (κ2) is 8.95. The van der Waals surface area contributed by atoms with E-state index in [0.29, 0.717) is 32.5 Å². The molecule has 150 valence electrons. The molecule has 0 radical (unpaired) electrons. The summed E-state index contributed by atoms with van der Waals surface area (Å²) in [6, 6.07) is 12.3. The van der Waals surface area contributed by atoms with Crippen LogP contribution in [0.4, 0.5) is 0 Å². The second-order valence-corrected chi connectivity index (χ2v) is 10.2. The van der Waals surface area contributed by atoms with Crippen molar-refractivity contribution in [3.8, 4) is 0 Å². The van der Waals surface area contributed by atoms with Crippen LogP contribution in [0.3, 0.4) is 0 Å². The van der Waals surface area contributed by atoms with Crippen LogP contribution in [0, 0.1) is 5.92 Å². The average molecular weight is 422 g/mol. The molecule has 1 aliphatic heterocycles. The summed E-state index contributed by atoms with van der Waals surface area (Å²) in [6.07, 6.45) is 5.62. The Bertz CT molecular complexity index is 1000. The van der Waals surface area contributed by atoms with Crippen molar-refractivity contribution in [1.82, 2.24) is 14.0 Å². The monoisotopic (exact) mass is 421 g/mol. The highest BCUT2D eigenvalue weighted by atomic mass is 32.2. The molecule has 0 unspecified atom stereocenters. The SMILES string of the molecule is O=S(=O)(/C=C/c1ccccc1)NCC1CCN(S(=O)(=O)c2cccnc2)CC1. The minimum atomic E-state index is -3.55. The molecule has 9 heteroatoms. The van der Waals surface area contributed by atoms with E-state index in [0.717, 1.165) is 11.0 Å². The van der Waals surface area contributed by atoms with Crippen molar-refractivity contribution >= 4 is 26.1 Å². The molecule has 0 amide bonds. The van der Waals surface area contributed by atoms with Crippen LogP contribution in [0.2, 0.25) is 0 Å². The van der Waals surface area contributed by atoms with Gasteiger partial charge in [0.25, 0.3) is 0 Å². The zero-order chi connectivity index (χ0) is 20.0. The van der Waals surface area contributed by atoms with Gasteiger partial charge in [0.15, 0.2) is 0 Å². The van der Waals surface area contributed by atoms with Crippen molar-refractivity contribution in [2.75, 3.05) is 19.6 Å². The van der Waals surface area contributed by atoms with Crippen molar-refractivity contribution in [2.45, 2.75) is 17.7 Å². The molecule has 2 aromatic rings. The fourth-order valence-electron chi connectivity index (χ4n) is 3.02. The Morgan fingerprint density at radius 1 is 1.04 bits per heavy atom. The molecule has 1 N–H and O–H groups in total. The van der Waals surface area contributed by atoms with Crippen LogP contribution in [0.1, 0.15) is 18.4 Å². The van der Waals surface area contributed by atoms with Crippen LogP contribution >= 0.6 is 0 Å². The van der Waals surface area contributed by atoms with Crippen LogP contribution in [0.15, 0.2) is 65.2 Å². The molecule has 7 nitrogen and oxygen atoms in total. The molecule has 1 aromatic carbocycles. The van der Waals surface area contributed by atoms with Gasteiger partial charge < -0.3 is 0 Å². The number of benzene rings is 1. The molecular formula is C19H23N3O4S2. The minimum Gasteiger partial charge on any atom is -0.263 e. The summed E-state index contributed by atoms with van der Waals surface area (Å²) in [5.74, 6) is 0.0975. The average Bonchev–Trinajstić information content (AvgIpc) is 2.73. The van der Waals surface area contributed by atoms with Crippen LogP contribution in [-0.2, 0) is 20.0 Å². The first kappa shape index (κ1) is 20.7. The first-order valence-electron chi connectivity index (χ1n) is 9.00. The van der Waals surface area contributed by atoms with Gasteiger partial charge in [-0.3, -0.25) is 4.98 Å². The first-order valence-corrected chi connectivity index (χ1v) is 12.0. The van der Waals surface area contributed by atoms with Gasteiger partial charge in [-0.25, -0.2) is 21.6 Å². The normalized spacial score (nSPS) is 17.1. The zero-order valence-electron chi connectivity index (χ0n) is 15.3. The number of pyridine rings is 1. The molecule has 2 heterocycles. The van der Waals surface area contributed by atoms with E-state index in [1.54, 1.807) is 12.1 Å². The molecule has 0 bridgehead atoms. The van der Waals surface area contributed by atoms with E-state index < -0.39 is 20.0 Å². The van der Waals surface area contributed by atoms with Gasteiger partial charge in [-0.2, -0.15) is 4.31 Å². The number of nitrogens with zero attached hydrogens (tertiary/aromatic N) is 2. The van der Waals surface area contributed by atoms with Crippen molar-refractivity contribution in [3.05, 3.63) is 65.8 Å². The fraction of sp³-hybridized carbons (Fsp3) is 0.316. The summed E-state index contributed by atoms with van der Waals surface area (Å²) in [6.45, 7) is 1.02. The Morgan fingerprint density at radius 2 is 1.75 bits per heavy atom. The predicted molar refractivity (Wildman–Crippen MR) is 108 cm³/mol. The number of sulfonamides is 2. The summed E-state index contributed by atoms with van der Waals surface area (Å²) >= 11 is 0. The highest BCUT2D eigenvalue weighted by molar-refractivity contribution is 7.92. The maximum Gasteiger partial charge on any atom is 0.244 e. The number of rotatable bonds is 7. The van der Waals surface area contributed by atoms with Gasteiger partial charge in [-0.15, -0.1) is 0 Å². The summed E-state index contributed by atoms with van der Waals surface area (Å²) in [4.78, 5) is 4.05. The molecule has 1 fully saturated rings. The zero-order valence-corrected chi connectivity index (χ0v) is 16.9. The Hall–Kier alpha value is -2.07. The van der Waals surface area contributed by atoms with E-state index >= 15 is 0 Å². The third-order valence-electron chi connectivity index (χ3n) is 4.66. The van der Waals surface area contributed by atoms with E-state index in [1.807, 2.05) is 30.3 Å². The number of aromatic nitrogens is 1. The third-order valence-corrected chi connectivity index (χ3v) is 7.60. The van der Waals surface area contributed by atoms with Crippen molar-refractivity contribution in [2.24, 2.45) is 5.92 Å². The molecule has 0 atom stereocenters. The Labute approximate surface area is 166 Å². The van der Waals surface area contributed by atoms with Crippen LogP contribution in [0.5, 0.6) is 0 Å². The Balaban J connectivity index is 1.51. The topological polar surface area (TPSA) is 96.4 Å². The number of hydrogen-bond acceptors (Lipinski definition) is 5. The summed E-state index contributed by atoms with van der Waals surface area (Å²) in [7, 11) is -7.08. The van der Waals surface area contributed by atoms with E-state index in [1.165, 1.54) is 22.8 Å². The van der Waals surface area contributed by atoms with Gasteiger partial charge in [0.05, 0.1) is 0 Å². The Kier molecular flexibility index (Phi) is 6.61. The molecule has 0 saturated carbocycles. The van der Waals surface area contributed by atoms with Crippen LogP contribution in [-0.4, -0.2) is 45.8 Å². The van der Waals surface area contributed by atoms with Crippen molar-refractivity contribution < 1.29 is 16.8 Å². The van der Waals surface area contributed by atoms with E-state index in [9.17, 15) is 16.8 Å². The largest absolute Gasteiger partial charge is 0.263 e. The highest BCUT2D eigenvalue weighted by Crippen LogP contribution is 2.23. The van der Waals surface area contributed by atoms with E-state index in [4.69, 9.17) is 0 Å². The molecule has 1 aromatic heterocycles. The minimum absolute atomic E-state index is 0.0975. The smallest absolute Gasteiger partial charge is 0.244 e. The predicted octanol–water partition coefficient (Wildman–Crippen LogP) is 2.07. The number of nitrogens with one attached hydrogen (secondary N) is 1. The molecule has 28 heavy (non-hydrogen) atoms. The van der Waals surface area contributed by atoms with Crippen molar-refractivity contribution in [3.63, 3.8) is 0 Å². The first-order chi connectivity index (χ1) is 13.4. The maximum absolute atomic E-state index is 12.6. The lowest BCUT2D eigenvalue weighted by molar-refractivity contribution is 0.274. The van der Waals surface area contributed by atoms with Gasteiger partial charge in [0.1, 0.15) is 4.90 Å². The lowest BCUT2D eigenvalue weighted by Gasteiger charge is -2.31. The molecule has 3 rings (SSSR count). The highest BCUT2D eigenvalue weighted by Gasteiger charge is 2.29. The van der Waals surface area contributed by atoms with E-state index in [-0.39, 0.29) is 10.8 Å². The molecule has 1 saturated heterocycles. The van der Waals surface area contributed by atoms with E-state index in [2.05, 4.69) is 9.71 Å². The summed E-state index contributed by atoms with van der Waals surface area (Å²) < 4.78 is 53.5. The van der Waals surface area contributed by atoms with Gasteiger partial charge in [-0.1, -0.05) is 30.3 Å². The van der Waals surface area contributed by atoms with Gasteiger partial charge in [0, 0.05) is 37.4 Å². The van der Waals surface area contributed by atoms with Crippen molar-refractivity contribution in [1.29, 1.82) is 0 Å². The van der Waals surface area contributed by atoms with Crippen LogP contribution < -0.4 is 4.72 Å². The molecule has 1 aliphatic rings. The summed E-state index contributed by atoms with van der Waals surface area (Å²) in [5.41, 5.74) is 0.807. The number of piperidine rings is 1. The van der Waals surface area contributed by atoms with Gasteiger partial charge >= 0.3 is 0 Å². The van der Waals surface area contributed by atoms with Crippen LogP contribution in [0.25, 0.3) is 6.08 Å². The lowest BCUT2D eigenvalue weighted by Crippen LogP contribution is -2.41. The summed E-state index contributed by atoms with van der Waals surface area (Å²) in [5, 5.41) is 1.16. The molecular weight excluding hydrogens is 398 g/mol. The third kappa shape index (κ3) is 5.48. The lowest BCUT2D eigenvalue weighted by atomic mass is 9.99. The molecule has 0 spiro atoms. The number of hydrogen-bond donors (Lipinski definition) is 1. The second-order valence-electron chi connectivity index (χ2n) is 6.64. The van der Waals surface area contributed by atoms with Gasteiger partial charge in [0.2, 0.25) is 20.0 Å². The maximum atomic E-state index is 12.6. The standard InChI is InChI=1S/C19H23N3O4S2/c23-27(24,14-10-17-5-2-1-3-6-17)21-15-18-8-12-22(13-9-18)28(25,26)19-7-4-11-20-16-19/h1-7,10-11,14,16,18,21H,8-9,12-13,15H2/b14-10+. The fourth-order valence-corrected chi connectivity index (χ4v) is 5.35. The quantitative estimate of drug-likeness (QED) is 0.738. The Morgan fingerprint density at radius 3 is 2.39 bits per heavy atom. The van der Waals surface area contributed by atoms with Gasteiger partial charge in [-0.05, 0) is 42.5 Å². The molecule has 0 aliphatic carbocycles.